The van der Waals surface area contributed by atoms with Gasteiger partial charge in [0.15, 0.2) is 0 Å². The number of carboxylic acids is 1. The van der Waals surface area contributed by atoms with Crippen LogP contribution in [0.25, 0.3) is 0 Å². The van der Waals surface area contributed by atoms with Gasteiger partial charge in [0.05, 0.1) is 18.2 Å². The molecule has 2 amide bonds. The maximum Gasteiger partial charge on any atom is 0.306 e. The summed E-state index contributed by atoms with van der Waals surface area (Å²) in [5.74, 6) is -1.63. The van der Waals surface area contributed by atoms with Gasteiger partial charge < -0.3 is 14.9 Å². The monoisotopic (exact) mass is 378 g/mol. The molecule has 0 radical (unpaired) electrons. The quantitative estimate of drug-likeness (QED) is 0.797. The van der Waals surface area contributed by atoms with Crippen molar-refractivity contribution in [1.29, 1.82) is 0 Å². The fourth-order valence-electron chi connectivity index (χ4n) is 3.64. The topological polar surface area (TPSA) is 95.7 Å². The van der Waals surface area contributed by atoms with Gasteiger partial charge in [0.1, 0.15) is 0 Å². The Hall–Kier alpha value is -2.38. The first-order valence-corrected chi connectivity index (χ1v) is 9.36. The third kappa shape index (κ3) is 4.87. The molecule has 1 N–H and O–H groups in total. The van der Waals surface area contributed by atoms with Crippen molar-refractivity contribution >= 4 is 17.8 Å². The van der Waals surface area contributed by atoms with E-state index in [1.54, 1.807) is 11.9 Å². The molecule has 0 saturated carbocycles. The molecule has 8 nitrogen and oxygen atoms in total. The number of aliphatic carboxylic acids is 1. The summed E-state index contributed by atoms with van der Waals surface area (Å²) in [6, 6.07) is 0. The van der Waals surface area contributed by atoms with Crippen LogP contribution in [0.1, 0.15) is 36.7 Å². The van der Waals surface area contributed by atoms with Crippen LogP contribution >= 0.6 is 0 Å². The summed E-state index contributed by atoms with van der Waals surface area (Å²) in [5.41, 5.74) is 3.05. The molecule has 1 aliphatic rings. The van der Waals surface area contributed by atoms with Crippen molar-refractivity contribution in [3.63, 3.8) is 0 Å². The van der Waals surface area contributed by atoms with Gasteiger partial charge in [-0.05, 0) is 38.7 Å². The van der Waals surface area contributed by atoms with Crippen LogP contribution in [-0.4, -0.2) is 69.2 Å². The second kappa shape index (κ2) is 8.54. The summed E-state index contributed by atoms with van der Waals surface area (Å²) in [6.45, 7) is 6.68. The molecule has 0 aliphatic carbocycles. The SMILES string of the molecule is Cc1nn(C)c(C)c1CC(C)C(=O)N(C)CC(=O)N1CCC(C(=O)O)CC1. The number of piperidine rings is 1. The third-order valence-corrected chi connectivity index (χ3v) is 5.54. The minimum Gasteiger partial charge on any atom is -0.481 e. The molecule has 27 heavy (non-hydrogen) atoms. The van der Waals surface area contributed by atoms with Gasteiger partial charge in [-0.3, -0.25) is 19.1 Å². The van der Waals surface area contributed by atoms with Crippen LogP contribution in [0.5, 0.6) is 0 Å². The Balaban J connectivity index is 1.89. The number of hydrogen-bond acceptors (Lipinski definition) is 4. The van der Waals surface area contributed by atoms with Crippen LogP contribution in [-0.2, 0) is 27.9 Å². The zero-order chi connectivity index (χ0) is 20.3. The van der Waals surface area contributed by atoms with Gasteiger partial charge >= 0.3 is 5.97 Å². The summed E-state index contributed by atoms with van der Waals surface area (Å²) >= 11 is 0. The van der Waals surface area contributed by atoms with E-state index in [0.717, 1.165) is 17.0 Å². The third-order valence-electron chi connectivity index (χ3n) is 5.54. The highest BCUT2D eigenvalue weighted by atomic mass is 16.4. The molecule has 1 aromatic rings. The Morgan fingerprint density at radius 1 is 1.26 bits per heavy atom. The molecule has 1 fully saturated rings. The molecule has 2 heterocycles. The Morgan fingerprint density at radius 2 is 1.85 bits per heavy atom. The molecular weight excluding hydrogens is 348 g/mol. The molecule has 0 spiro atoms. The van der Waals surface area contributed by atoms with Crippen molar-refractivity contribution in [2.45, 2.75) is 40.0 Å². The number of likely N-dealkylation sites (tertiary alicyclic amines) is 1. The van der Waals surface area contributed by atoms with Crippen LogP contribution < -0.4 is 0 Å². The Morgan fingerprint density at radius 3 is 2.33 bits per heavy atom. The van der Waals surface area contributed by atoms with Crippen LogP contribution in [0.15, 0.2) is 0 Å². The number of amides is 2. The molecule has 1 aliphatic heterocycles. The number of rotatable bonds is 6. The van der Waals surface area contributed by atoms with E-state index in [2.05, 4.69) is 5.10 Å². The first kappa shape index (κ1) is 20.9. The standard InChI is InChI=1S/C19H30N4O4/c1-12(10-16-13(2)20-22(5)14(16)3)18(25)21(4)11-17(24)23-8-6-15(7-9-23)19(26)27/h12,15H,6-11H2,1-5H3,(H,26,27). The van der Waals surface area contributed by atoms with Crippen molar-refractivity contribution in [3.8, 4) is 0 Å². The molecule has 1 unspecified atom stereocenters. The second-order valence-electron chi connectivity index (χ2n) is 7.57. The van der Waals surface area contributed by atoms with Gasteiger partial charge in [0.2, 0.25) is 11.8 Å². The molecule has 0 bridgehead atoms. The average Bonchev–Trinajstić information content (AvgIpc) is 2.87. The normalized spacial score (nSPS) is 16.3. The molecule has 0 aromatic carbocycles. The number of aromatic nitrogens is 2. The van der Waals surface area contributed by atoms with Gasteiger partial charge in [-0.1, -0.05) is 6.92 Å². The van der Waals surface area contributed by atoms with Gasteiger partial charge in [0, 0.05) is 38.8 Å². The minimum atomic E-state index is -0.802. The van der Waals surface area contributed by atoms with Crippen LogP contribution in [0, 0.1) is 25.7 Å². The van der Waals surface area contributed by atoms with Crippen molar-refractivity contribution in [1.82, 2.24) is 19.6 Å². The van der Waals surface area contributed by atoms with Crippen LogP contribution in [0.2, 0.25) is 0 Å². The maximum atomic E-state index is 12.7. The van der Waals surface area contributed by atoms with Crippen molar-refractivity contribution < 1.29 is 19.5 Å². The van der Waals surface area contributed by atoms with Crippen LogP contribution in [0.4, 0.5) is 0 Å². The summed E-state index contributed by atoms with van der Waals surface area (Å²) in [5, 5.41) is 13.4. The molecule has 1 saturated heterocycles. The molecular formula is C19H30N4O4. The Kier molecular flexibility index (Phi) is 6.62. The summed E-state index contributed by atoms with van der Waals surface area (Å²) in [4.78, 5) is 39.3. The lowest BCUT2D eigenvalue weighted by Gasteiger charge is -2.32. The Labute approximate surface area is 160 Å². The van der Waals surface area contributed by atoms with E-state index < -0.39 is 5.97 Å². The number of likely N-dealkylation sites (N-methyl/N-ethyl adjacent to an activating group) is 1. The highest BCUT2D eigenvalue weighted by Gasteiger charge is 2.29. The number of hydrogen-bond donors (Lipinski definition) is 1. The van der Waals surface area contributed by atoms with E-state index in [0.29, 0.717) is 32.4 Å². The predicted molar refractivity (Wildman–Crippen MR) is 100 cm³/mol. The number of aryl methyl sites for hydroxylation is 2. The first-order valence-electron chi connectivity index (χ1n) is 9.36. The summed E-state index contributed by atoms with van der Waals surface area (Å²) in [7, 11) is 3.53. The highest BCUT2D eigenvalue weighted by Crippen LogP contribution is 2.19. The number of carbonyl (C=O) groups is 3. The van der Waals surface area contributed by atoms with Crippen LogP contribution in [0.3, 0.4) is 0 Å². The smallest absolute Gasteiger partial charge is 0.306 e. The first-order chi connectivity index (χ1) is 12.6. The molecule has 1 atom stereocenters. The number of nitrogens with zero attached hydrogens (tertiary/aromatic N) is 4. The van der Waals surface area contributed by atoms with Gasteiger partial charge in [0.25, 0.3) is 0 Å². The summed E-state index contributed by atoms with van der Waals surface area (Å²) in [6.07, 6.45) is 1.52. The van der Waals surface area contributed by atoms with E-state index in [9.17, 15) is 14.4 Å². The fraction of sp³-hybridized carbons (Fsp3) is 0.684. The van der Waals surface area contributed by atoms with Crippen molar-refractivity contribution in [3.05, 3.63) is 17.0 Å². The molecule has 2 rings (SSSR count). The van der Waals surface area contributed by atoms with Crippen molar-refractivity contribution in [2.24, 2.45) is 18.9 Å². The zero-order valence-corrected chi connectivity index (χ0v) is 16.9. The highest BCUT2D eigenvalue weighted by molar-refractivity contribution is 5.86. The molecule has 150 valence electrons. The lowest BCUT2D eigenvalue weighted by molar-refractivity contribution is -0.146. The van der Waals surface area contributed by atoms with Gasteiger partial charge in [-0.25, -0.2) is 0 Å². The summed E-state index contributed by atoms with van der Waals surface area (Å²) < 4.78 is 1.82. The van der Waals surface area contributed by atoms with E-state index in [1.807, 2.05) is 32.5 Å². The van der Waals surface area contributed by atoms with E-state index in [4.69, 9.17) is 5.11 Å². The largest absolute Gasteiger partial charge is 0.481 e. The zero-order valence-electron chi connectivity index (χ0n) is 16.9. The van der Waals surface area contributed by atoms with Gasteiger partial charge in [-0.15, -0.1) is 0 Å². The van der Waals surface area contributed by atoms with E-state index in [-0.39, 0.29) is 30.2 Å². The molecule has 1 aromatic heterocycles. The van der Waals surface area contributed by atoms with Gasteiger partial charge in [-0.2, -0.15) is 5.10 Å². The second-order valence-corrected chi connectivity index (χ2v) is 7.57. The van der Waals surface area contributed by atoms with E-state index >= 15 is 0 Å². The number of carbonyl (C=O) groups excluding carboxylic acids is 2. The lowest BCUT2D eigenvalue weighted by atomic mass is 9.97. The fourth-order valence-corrected chi connectivity index (χ4v) is 3.64. The van der Waals surface area contributed by atoms with E-state index in [1.165, 1.54) is 4.90 Å². The molecule has 8 heteroatoms. The minimum absolute atomic E-state index is 0.0198. The van der Waals surface area contributed by atoms with Crippen molar-refractivity contribution in [2.75, 3.05) is 26.7 Å². The lowest BCUT2D eigenvalue weighted by Crippen LogP contribution is -2.46. The number of carboxylic acid groups (broad SMARTS) is 1. The Bertz CT molecular complexity index is 720. The average molecular weight is 378 g/mol. The predicted octanol–water partition coefficient (Wildman–Crippen LogP) is 0.997. The maximum absolute atomic E-state index is 12.7.